The topological polar surface area (TPSA) is 29.5 Å². The first-order valence-corrected chi connectivity index (χ1v) is 8.80. The fourth-order valence-electron chi connectivity index (χ4n) is 2.89. The van der Waals surface area contributed by atoms with Gasteiger partial charge in [-0.15, -0.1) is 0 Å². The highest BCUT2D eigenvalue weighted by atomic mass is 16.5. The number of ether oxygens (including phenoxy) is 1. The fourth-order valence-corrected chi connectivity index (χ4v) is 2.89. The van der Waals surface area contributed by atoms with Crippen molar-refractivity contribution >= 4 is 6.08 Å². The van der Waals surface area contributed by atoms with Gasteiger partial charge in [0.15, 0.2) is 0 Å². The molecule has 1 atom stereocenters. The lowest BCUT2D eigenvalue weighted by Crippen LogP contribution is -2.31. The molecule has 0 amide bonds. The molecule has 0 aromatic heterocycles. The number of rotatable bonds is 6. The second kappa shape index (κ2) is 7.74. The van der Waals surface area contributed by atoms with E-state index in [1.807, 2.05) is 13.0 Å². The maximum Gasteiger partial charge on any atom is 0.128 e. The van der Waals surface area contributed by atoms with E-state index < -0.39 is 0 Å². The van der Waals surface area contributed by atoms with Crippen molar-refractivity contribution in [2.24, 2.45) is 0 Å². The van der Waals surface area contributed by atoms with Crippen LogP contribution < -0.4 is 4.74 Å². The van der Waals surface area contributed by atoms with Gasteiger partial charge in [0.05, 0.1) is 0 Å². The molecule has 1 aliphatic rings. The largest absolute Gasteiger partial charge is 0.508 e. The van der Waals surface area contributed by atoms with Gasteiger partial charge < -0.3 is 9.84 Å². The van der Waals surface area contributed by atoms with Gasteiger partial charge in [-0.2, -0.15) is 0 Å². The molecular weight excluding hydrogens is 296 g/mol. The Morgan fingerprint density at radius 1 is 1.17 bits per heavy atom. The Labute approximate surface area is 146 Å². The number of aromatic hydroxyl groups is 1. The van der Waals surface area contributed by atoms with E-state index in [-0.39, 0.29) is 5.60 Å². The number of phenols is 1. The van der Waals surface area contributed by atoms with E-state index in [9.17, 15) is 5.11 Å². The van der Waals surface area contributed by atoms with Crippen molar-refractivity contribution in [2.45, 2.75) is 65.9 Å². The molecule has 1 aromatic rings. The quantitative estimate of drug-likeness (QED) is 0.618. The standard InChI is InChI=1S/C22H30O2/c1-16(2)8-6-9-17(3)10-7-12-22(5)13-11-19-15-20(23)18(4)14-21(19)24-22/h8,10-11,13-15,23H,6-7,9,12H2,1-5H3/b17-10+/t22-/m1/s1. The van der Waals surface area contributed by atoms with Gasteiger partial charge in [-0.25, -0.2) is 0 Å². The molecule has 0 spiro atoms. The van der Waals surface area contributed by atoms with E-state index in [1.165, 1.54) is 11.1 Å². The number of benzene rings is 1. The summed E-state index contributed by atoms with van der Waals surface area (Å²) in [6, 6.07) is 3.70. The van der Waals surface area contributed by atoms with Crippen LogP contribution in [0.4, 0.5) is 0 Å². The van der Waals surface area contributed by atoms with Crippen LogP contribution in [0, 0.1) is 6.92 Å². The summed E-state index contributed by atoms with van der Waals surface area (Å²) < 4.78 is 6.21. The van der Waals surface area contributed by atoms with Crippen LogP contribution in [0.1, 0.15) is 64.5 Å². The zero-order valence-electron chi connectivity index (χ0n) is 15.6. The van der Waals surface area contributed by atoms with Crippen LogP contribution in [0.5, 0.6) is 11.5 Å². The fraction of sp³-hybridized carbons (Fsp3) is 0.455. The first-order chi connectivity index (χ1) is 11.3. The van der Waals surface area contributed by atoms with Crippen LogP contribution in [0.15, 0.2) is 41.5 Å². The molecule has 1 N–H and O–H groups in total. The third-order valence-electron chi connectivity index (χ3n) is 4.51. The van der Waals surface area contributed by atoms with Crippen LogP contribution in [-0.4, -0.2) is 10.7 Å². The highest BCUT2D eigenvalue weighted by Crippen LogP contribution is 2.37. The van der Waals surface area contributed by atoms with Crippen molar-refractivity contribution in [1.29, 1.82) is 0 Å². The lowest BCUT2D eigenvalue weighted by atomic mass is 9.94. The van der Waals surface area contributed by atoms with Gasteiger partial charge in [0.25, 0.3) is 0 Å². The van der Waals surface area contributed by atoms with Gasteiger partial charge in [-0.1, -0.05) is 29.4 Å². The molecule has 1 aromatic carbocycles. The van der Waals surface area contributed by atoms with Gasteiger partial charge in [0.1, 0.15) is 17.1 Å². The van der Waals surface area contributed by atoms with E-state index in [2.05, 4.69) is 52.0 Å². The normalized spacial score (nSPS) is 19.6. The number of hydrogen-bond acceptors (Lipinski definition) is 2. The van der Waals surface area contributed by atoms with Gasteiger partial charge >= 0.3 is 0 Å². The summed E-state index contributed by atoms with van der Waals surface area (Å²) in [5.74, 6) is 1.18. The van der Waals surface area contributed by atoms with Gasteiger partial charge in [-0.3, -0.25) is 0 Å². The highest BCUT2D eigenvalue weighted by Gasteiger charge is 2.27. The molecule has 0 fully saturated rings. The first kappa shape index (κ1) is 18.4. The van der Waals surface area contributed by atoms with Crippen LogP contribution in [0.2, 0.25) is 0 Å². The molecule has 0 unspecified atom stereocenters. The van der Waals surface area contributed by atoms with Gasteiger partial charge in [0.2, 0.25) is 0 Å². The smallest absolute Gasteiger partial charge is 0.128 e. The summed E-state index contributed by atoms with van der Waals surface area (Å²) in [5.41, 5.74) is 4.34. The van der Waals surface area contributed by atoms with Crippen molar-refractivity contribution in [3.63, 3.8) is 0 Å². The summed E-state index contributed by atoms with van der Waals surface area (Å²) >= 11 is 0. The number of hydrogen-bond donors (Lipinski definition) is 1. The Morgan fingerprint density at radius 3 is 2.62 bits per heavy atom. The zero-order chi connectivity index (χ0) is 17.7. The predicted octanol–water partition coefficient (Wildman–Crippen LogP) is 6.34. The van der Waals surface area contributed by atoms with E-state index in [1.54, 1.807) is 6.07 Å². The summed E-state index contributed by atoms with van der Waals surface area (Å²) in [5, 5.41) is 9.81. The first-order valence-electron chi connectivity index (χ1n) is 8.80. The van der Waals surface area contributed by atoms with E-state index in [0.29, 0.717) is 5.75 Å². The highest BCUT2D eigenvalue weighted by molar-refractivity contribution is 5.64. The second-order valence-electron chi connectivity index (χ2n) is 7.33. The third kappa shape index (κ3) is 5.02. The number of aryl methyl sites for hydroxylation is 1. The molecule has 0 saturated heterocycles. The molecule has 2 rings (SSSR count). The van der Waals surface area contributed by atoms with Crippen molar-refractivity contribution < 1.29 is 9.84 Å². The Kier molecular flexibility index (Phi) is 5.93. The molecule has 2 nitrogen and oxygen atoms in total. The average molecular weight is 326 g/mol. The third-order valence-corrected chi connectivity index (χ3v) is 4.51. The Balaban J connectivity index is 1.94. The number of fused-ring (bicyclic) bond motifs is 1. The maximum atomic E-state index is 9.81. The molecule has 0 saturated carbocycles. The molecule has 0 radical (unpaired) electrons. The maximum absolute atomic E-state index is 9.81. The minimum atomic E-state index is -0.285. The van der Waals surface area contributed by atoms with Crippen LogP contribution >= 0.6 is 0 Å². The van der Waals surface area contributed by atoms with Crippen LogP contribution in [0.25, 0.3) is 6.08 Å². The van der Waals surface area contributed by atoms with Crippen molar-refractivity contribution in [3.8, 4) is 11.5 Å². The van der Waals surface area contributed by atoms with Gasteiger partial charge in [0, 0.05) is 5.56 Å². The molecule has 0 aliphatic carbocycles. The van der Waals surface area contributed by atoms with E-state index in [4.69, 9.17) is 4.74 Å². The average Bonchev–Trinajstić information content (AvgIpc) is 2.48. The van der Waals surface area contributed by atoms with E-state index >= 15 is 0 Å². The lowest BCUT2D eigenvalue weighted by molar-refractivity contribution is 0.128. The molecular formula is C22H30O2. The van der Waals surface area contributed by atoms with Gasteiger partial charge in [-0.05, 0) is 84.1 Å². The number of allylic oxidation sites excluding steroid dienone is 4. The minimum absolute atomic E-state index is 0.285. The Bertz CT molecular complexity index is 675. The van der Waals surface area contributed by atoms with Crippen molar-refractivity contribution in [1.82, 2.24) is 0 Å². The molecule has 1 heterocycles. The Hall–Kier alpha value is -1.96. The summed E-state index contributed by atoms with van der Waals surface area (Å²) in [6.07, 6.45) is 13.0. The summed E-state index contributed by atoms with van der Waals surface area (Å²) in [6.45, 7) is 10.5. The second-order valence-corrected chi connectivity index (χ2v) is 7.33. The SMILES string of the molecule is CC(C)=CCC/C(C)=C/CC[C@]1(C)C=Cc2cc(O)c(C)cc2O1. The summed E-state index contributed by atoms with van der Waals surface area (Å²) in [4.78, 5) is 0. The summed E-state index contributed by atoms with van der Waals surface area (Å²) in [7, 11) is 0. The molecule has 130 valence electrons. The van der Waals surface area contributed by atoms with Crippen molar-refractivity contribution in [2.75, 3.05) is 0 Å². The van der Waals surface area contributed by atoms with Crippen LogP contribution in [-0.2, 0) is 0 Å². The Morgan fingerprint density at radius 2 is 1.92 bits per heavy atom. The molecule has 2 heteroatoms. The van der Waals surface area contributed by atoms with E-state index in [0.717, 1.165) is 42.6 Å². The zero-order valence-corrected chi connectivity index (χ0v) is 15.6. The predicted molar refractivity (Wildman–Crippen MR) is 103 cm³/mol. The minimum Gasteiger partial charge on any atom is -0.508 e. The molecule has 0 bridgehead atoms. The van der Waals surface area contributed by atoms with Crippen LogP contribution in [0.3, 0.4) is 0 Å². The molecule has 1 aliphatic heterocycles. The van der Waals surface area contributed by atoms with Crippen molar-refractivity contribution in [3.05, 3.63) is 52.6 Å². The lowest BCUT2D eigenvalue weighted by Gasteiger charge is -2.31. The molecule has 24 heavy (non-hydrogen) atoms. The monoisotopic (exact) mass is 326 g/mol. The number of phenolic OH excluding ortho intramolecular Hbond substituents is 1.